The minimum absolute atomic E-state index is 0.190. The minimum atomic E-state index is -0.223. The first kappa shape index (κ1) is 25.2. The van der Waals surface area contributed by atoms with Gasteiger partial charge in [-0.05, 0) is 68.4 Å². The Morgan fingerprint density at radius 1 is 1.19 bits per heavy atom. The number of aryl methyl sites for hydroxylation is 2. The normalized spacial score (nSPS) is 21.5. The van der Waals surface area contributed by atoms with Gasteiger partial charge in [0.2, 0.25) is 5.91 Å². The van der Waals surface area contributed by atoms with Gasteiger partial charge in [-0.1, -0.05) is 19.1 Å². The third kappa shape index (κ3) is 5.45. The molecule has 0 aliphatic carbocycles. The van der Waals surface area contributed by atoms with E-state index in [4.69, 9.17) is 4.74 Å². The lowest BCUT2D eigenvalue weighted by atomic mass is 10.00. The first-order valence-corrected chi connectivity index (χ1v) is 13.1. The molecule has 5 rings (SSSR count). The number of rotatable bonds is 8. The molecule has 0 saturated carbocycles. The number of aliphatic hydroxyl groups is 1. The molecule has 1 aromatic heterocycles. The van der Waals surface area contributed by atoms with Crippen molar-refractivity contribution < 1.29 is 14.6 Å². The summed E-state index contributed by atoms with van der Waals surface area (Å²) in [5.74, 6) is 0.967. The molecule has 0 radical (unpaired) electrons. The van der Waals surface area contributed by atoms with Crippen LogP contribution in [0, 0.1) is 6.92 Å². The van der Waals surface area contributed by atoms with E-state index in [-0.39, 0.29) is 12.0 Å². The van der Waals surface area contributed by atoms with E-state index in [1.54, 1.807) is 13.2 Å². The number of carbonyl (C=O) groups is 1. The number of fused-ring (bicyclic) bond motifs is 3. The summed E-state index contributed by atoms with van der Waals surface area (Å²) in [6.45, 7) is 4.96. The monoisotopic (exact) mass is 501 g/mol. The van der Waals surface area contributed by atoms with E-state index < -0.39 is 0 Å². The fourth-order valence-corrected chi connectivity index (χ4v) is 5.76. The Labute approximate surface area is 217 Å². The van der Waals surface area contributed by atoms with Crippen molar-refractivity contribution in [1.82, 2.24) is 14.9 Å². The maximum Gasteiger partial charge on any atom is 0.248 e. The zero-order valence-electron chi connectivity index (χ0n) is 21.7. The molecule has 2 bridgehead atoms. The summed E-state index contributed by atoms with van der Waals surface area (Å²) in [5, 5.41) is 17.2. The SMILES string of the molecule is CCc1ccc(Nc2ncnc3cc(OC)c(NC(=O)C=CCN4C5CCC4CC(O)C5)cc23)cc1C. The van der Waals surface area contributed by atoms with Crippen molar-refractivity contribution in [2.75, 3.05) is 24.3 Å². The van der Waals surface area contributed by atoms with Gasteiger partial charge in [0.25, 0.3) is 0 Å². The molecule has 0 spiro atoms. The Kier molecular flexibility index (Phi) is 7.39. The molecule has 2 unspecified atom stereocenters. The van der Waals surface area contributed by atoms with Crippen LogP contribution in [0.3, 0.4) is 0 Å². The molecule has 37 heavy (non-hydrogen) atoms. The summed E-state index contributed by atoms with van der Waals surface area (Å²) >= 11 is 0. The van der Waals surface area contributed by atoms with Crippen molar-refractivity contribution in [2.24, 2.45) is 0 Å². The van der Waals surface area contributed by atoms with Crippen molar-refractivity contribution in [3.05, 3.63) is 59.9 Å². The molecule has 3 N–H and O–H groups in total. The second kappa shape index (κ2) is 10.9. The number of carbonyl (C=O) groups excluding carboxylic acids is 1. The largest absolute Gasteiger partial charge is 0.494 e. The molecule has 3 heterocycles. The molecule has 2 aliphatic heterocycles. The smallest absolute Gasteiger partial charge is 0.248 e. The number of nitrogens with one attached hydrogen (secondary N) is 2. The van der Waals surface area contributed by atoms with Gasteiger partial charge < -0.3 is 20.5 Å². The quantitative estimate of drug-likeness (QED) is 0.384. The number of methoxy groups -OCH3 is 1. The number of anilines is 3. The van der Waals surface area contributed by atoms with E-state index in [1.807, 2.05) is 24.3 Å². The predicted molar refractivity (Wildman–Crippen MR) is 146 cm³/mol. The van der Waals surface area contributed by atoms with E-state index >= 15 is 0 Å². The number of hydrogen-bond donors (Lipinski definition) is 3. The average Bonchev–Trinajstić information content (AvgIpc) is 3.12. The van der Waals surface area contributed by atoms with Gasteiger partial charge in [0.05, 0.1) is 24.4 Å². The van der Waals surface area contributed by atoms with Gasteiger partial charge in [0.1, 0.15) is 17.9 Å². The van der Waals surface area contributed by atoms with Crippen LogP contribution in [0.2, 0.25) is 0 Å². The van der Waals surface area contributed by atoms with Crippen LogP contribution in [0.5, 0.6) is 5.75 Å². The number of aromatic nitrogens is 2. The predicted octanol–water partition coefficient (Wildman–Crippen LogP) is 4.74. The van der Waals surface area contributed by atoms with Crippen molar-refractivity contribution in [1.29, 1.82) is 0 Å². The maximum atomic E-state index is 12.8. The molecular formula is C29H35N5O3. The van der Waals surface area contributed by atoms with Crippen molar-refractivity contribution in [3.8, 4) is 5.75 Å². The molecule has 1 amide bonds. The van der Waals surface area contributed by atoms with Gasteiger partial charge in [-0.15, -0.1) is 0 Å². The van der Waals surface area contributed by atoms with Gasteiger partial charge in [-0.25, -0.2) is 9.97 Å². The fourth-order valence-electron chi connectivity index (χ4n) is 5.76. The highest BCUT2D eigenvalue weighted by atomic mass is 16.5. The van der Waals surface area contributed by atoms with Crippen LogP contribution in [-0.2, 0) is 11.2 Å². The van der Waals surface area contributed by atoms with E-state index in [2.05, 4.69) is 51.5 Å². The van der Waals surface area contributed by atoms with Gasteiger partial charge in [-0.2, -0.15) is 0 Å². The molecule has 8 nitrogen and oxygen atoms in total. The lowest BCUT2D eigenvalue weighted by Crippen LogP contribution is -2.44. The van der Waals surface area contributed by atoms with Gasteiger partial charge in [-0.3, -0.25) is 9.69 Å². The van der Waals surface area contributed by atoms with Crippen molar-refractivity contribution >= 4 is 34.0 Å². The second-order valence-corrected chi connectivity index (χ2v) is 10.0. The summed E-state index contributed by atoms with van der Waals surface area (Å²) in [4.78, 5) is 24.1. The summed E-state index contributed by atoms with van der Waals surface area (Å²) in [6, 6.07) is 10.8. The summed E-state index contributed by atoms with van der Waals surface area (Å²) in [7, 11) is 1.58. The standard InChI is InChI=1S/C29H35N5O3/c1-4-19-7-8-20(12-18(19)2)32-29-24-15-26(27(37-3)16-25(24)30-17-31-29)33-28(36)6-5-11-34-21-9-10-22(34)14-23(35)13-21/h5-8,12,15-17,21-23,35H,4,9-11,13-14H2,1-3H3,(H,33,36)(H,30,31,32). The Hall–Kier alpha value is -3.49. The number of benzene rings is 2. The third-order valence-electron chi connectivity index (χ3n) is 7.65. The highest BCUT2D eigenvalue weighted by Crippen LogP contribution is 2.36. The Morgan fingerprint density at radius 2 is 1.97 bits per heavy atom. The van der Waals surface area contributed by atoms with Crippen LogP contribution in [-0.4, -0.2) is 57.7 Å². The Morgan fingerprint density at radius 3 is 2.68 bits per heavy atom. The Balaban J connectivity index is 1.33. The van der Waals surface area contributed by atoms with E-state index in [0.717, 1.165) is 43.2 Å². The Bertz CT molecular complexity index is 1310. The van der Waals surface area contributed by atoms with Crippen LogP contribution in [0.25, 0.3) is 10.9 Å². The van der Waals surface area contributed by atoms with Crippen LogP contribution in [0.1, 0.15) is 43.7 Å². The van der Waals surface area contributed by atoms with Crippen LogP contribution >= 0.6 is 0 Å². The van der Waals surface area contributed by atoms with Crippen LogP contribution in [0.4, 0.5) is 17.2 Å². The van der Waals surface area contributed by atoms with Gasteiger partial charge >= 0.3 is 0 Å². The summed E-state index contributed by atoms with van der Waals surface area (Å²) < 4.78 is 5.55. The van der Waals surface area contributed by atoms with Crippen molar-refractivity contribution in [3.63, 3.8) is 0 Å². The van der Waals surface area contributed by atoms with E-state index in [9.17, 15) is 9.90 Å². The van der Waals surface area contributed by atoms with Crippen molar-refractivity contribution in [2.45, 2.75) is 64.1 Å². The molecule has 194 valence electrons. The number of aliphatic hydroxyl groups excluding tert-OH is 1. The minimum Gasteiger partial charge on any atom is -0.494 e. The third-order valence-corrected chi connectivity index (χ3v) is 7.65. The number of amides is 1. The molecule has 2 saturated heterocycles. The fraction of sp³-hybridized carbons (Fsp3) is 0.414. The maximum absolute atomic E-state index is 12.8. The molecule has 2 atom stereocenters. The molecule has 3 aromatic rings. The number of piperidine rings is 1. The lowest BCUT2D eigenvalue weighted by Gasteiger charge is -2.36. The zero-order valence-corrected chi connectivity index (χ0v) is 21.7. The van der Waals surface area contributed by atoms with E-state index in [0.29, 0.717) is 41.4 Å². The number of ether oxygens (including phenoxy) is 1. The summed E-state index contributed by atoms with van der Waals surface area (Å²) in [5.41, 5.74) is 4.75. The molecule has 2 fully saturated rings. The molecular weight excluding hydrogens is 466 g/mol. The first-order chi connectivity index (χ1) is 17.9. The zero-order chi connectivity index (χ0) is 25.9. The second-order valence-electron chi connectivity index (χ2n) is 10.0. The lowest BCUT2D eigenvalue weighted by molar-refractivity contribution is -0.112. The highest BCUT2D eigenvalue weighted by molar-refractivity contribution is 6.03. The van der Waals surface area contributed by atoms with Crippen LogP contribution in [0.15, 0.2) is 48.8 Å². The highest BCUT2D eigenvalue weighted by Gasteiger charge is 2.39. The molecule has 2 aliphatic rings. The van der Waals surface area contributed by atoms with Crippen LogP contribution < -0.4 is 15.4 Å². The van der Waals surface area contributed by atoms with E-state index in [1.165, 1.54) is 17.5 Å². The van der Waals surface area contributed by atoms with Gasteiger partial charge in [0, 0.05) is 41.8 Å². The first-order valence-electron chi connectivity index (χ1n) is 13.1. The molecule has 2 aromatic carbocycles. The number of hydrogen-bond acceptors (Lipinski definition) is 7. The molecule has 8 heteroatoms. The average molecular weight is 502 g/mol. The summed E-state index contributed by atoms with van der Waals surface area (Å²) in [6.07, 6.45) is 9.69. The number of nitrogens with zero attached hydrogens (tertiary/aromatic N) is 3. The van der Waals surface area contributed by atoms with Gasteiger partial charge in [0.15, 0.2) is 0 Å². The topological polar surface area (TPSA) is 99.6 Å².